The molecule has 1 aliphatic heterocycles. The first-order valence-electron chi connectivity index (χ1n) is 9.00. The second kappa shape index (κ2) is 7.77. The maximum Gasteiger partial charge on any atom is 0.223 e. The van der Waals surface area contributed by atoms with Crippen LogP contribution in [0.1, 0.15) is 56.1 Å². The Bertz CT molecular complexity index is 471. The molecule has 3 nitrogen and oxygen atoms in total. The van der Waals surface area contributed by atoms with Crippen molar-refractivity contribution in [3.05, 3.63) is 35.4 Å². The van der Waals surface area contributed by atoms with Crippen LogP contribution < -0.4 is 10.2 Å². The van der Waals surface area contributed by atoms with E-state index in [1.165, 1.54) is 56.3 Å². The van der Waals surface area contributed by atoms with Gasteiger partial charge in [-0.25, -0.2) is 0 Å². The summed E-state index contributed by atoms with van der Waals surface area (Å²) in [6, 6.07) is 8.80. The van der Waals surface area contributed by atoms with Gasteiger partial charge in [0.2, 0.25) is 5.91 Å². The molecule has 0 aromatic heterocycles. The molecular formula is C19H29N2O+. The molecule has 120 valence electrons. The minimum absolute atomic E-state index is 0.255. The van der Waals surface area contributed by atoms with Crippen LogP contribution in [0.3, 0.4) is 0 Å². The number of likely N-dealkylation sites (tertiary alicyclic amines) is 1. The van der Waals surface area contributed by atoms with Crippen LogP contribution in [0.5, 0.6) is 0 Å². The Morgan fingerprint density at radius 1 is 0.955 bits per heavy atom. The summed E-state index contributed by atoms with van der Waals surface area (Å²) in [5.74, 6) is 0.511. The van der Waals surface area contributed by atoms with E-state index in [4.69, 9.17) is 0 Å². The molecule has 0 spiro atoms. The zero-order valence-electron chi connectivity index (χ0n) is 13.6. The Morgan fingerprint density at radius 3 is 2.27 bits per heavy atom. The zero-order chi connectivity index (χ0) is 15.2. The van der Waals surface area contributed by atoms with Gasteiger partial charge in [0.15, 0.2) is 0 Å². The molecule has 0 radical (unpaired) electrons. The summed E-state index contributed by atoms with van der Waals surface area (Å²) >= 11 is 0. The number of nitrogens with one attached hydrogen (secondary N) is 2. The standard InChI is InChI=1S/C19H28N2O/c22-19(18-6-2-1-3-7-18)20-14-16-8-10-17(11-9-16)15-21-12-4-5-13-21/h8-11,18H,1-7,12-15H2,(H,20,22)/p+1. The third-order valence-corrected chi connectivity index (χ3v) is 5.23. The third-order valence-electron chi connectivity index (χ3n) is 5.23. The van der Waals surface area contributed by atoms with Crippen molar-refractivity contribution in [1.29, 1.82) is 0 Å². The summed E-state index contributed by atoms with van der Waals surface area (Å²) in [5, 5.41) is 3.12. The fraction of sp³-hybridized carbons (Fsp3) is 0.632. The first kappa shape index (κ1) is 15.5. The molecule has 2 aliphatic rings. The van der Waals surface area contributed by atoms with Crippen LogP contribution in [-0.2, 0) is 17.9 Å². The van der Waals surface area contributed by atoms with Crippen molar-refractivity contribution in [2.24, 2.45) is 5.92 Å². The number of carbonyl (C=O) groups is 1. The molecule has 1 aromatic carbocycles. The average molecular weight is 301 g/mol. The first-order chi connectivity index (χ1) is 10.8. The highest BCUT2D eigenvalue weighted by molar-refractivity contribution is 5.78. The monoisotopic (exact) mass is 301 g/mol. The molecule has 0 unspecified atom stereocenters. The van der Waals surface area contributed by atoms with Crippen molar-refractivity contribution in [2.45, 2.75) is 58.0 Å². The van der Waals surface area contributed by atoms with Gasteiger partial charge in [0.05, 0.1) is 13.1 Å². The Morgan fingerprint density at radius 2 is 1.59 bits per heavy atom. The molecule has 1 aromatic rings. The molecule has 3 rings (SSSR count). The maximum absolute atomic E-state index is 12.2. The molecule has 1 heterocycles. The molecule has 2 fully saturated rings. The van der Waals surface area contributed by atoms with Gasteiger partial charge in [-0.05, 0) is 18.4 Å². The topological polar surface area (TPSA) is 33.5 Å². The smallest absolute Gasteiger partial charge is 0.223 e. The number of rotatable bonds is 5. The van der Waals surface area contributed by atoms with Crippen LogP contribution in [0.4, 0.5) is 0 Å². The molecule has 2 N–H and O–H groups in total. The lowest BCUT2D eigenvalue weighted by atomic mass is 9.88. The van der Waals surface area contributed by atoms with Crippen LogP contribution in [0.15, 0.2) is 24.3 Å². The van der Waals surface area contributed by atoms with E-state index in [1.54, 1.807) is 4.90 Å². The average Bonchev–Trinajstić information content (AvgIpc) is 3.08. The van der Waals surface area contributed by atoms with Gasteiger partial charge in [-0.2, -0.15) is 0 Å². The van der Waals surface area contributed by atoms with Crippen LogP contribution in [0, 0.1) is 5.92 Å². The number of hydrogen-bond donors (Lipinski definition) is 2. The highest BCUT2D eigenvalue weighted by Crippen LogP contribution is 2.23. The SMILES string of the molecule is O=C(NCc1ccc(C[NH+]2CCCC2)cc1)C1CCCCC1. The van der Waals surface area contributed by atoms with Crippen LogP contribution in [-0.4, -0.2) is 19.0 Å². The number of amides is 1. The molecular weight excluding hydrogens is 272 g/mol. The molecule has 1 aliphatic carbocycles. The van der Waals surface area contributed by atoms with E-state index in [2.05, 4.69) is 29.6 Å². The first-order valence-corrected chi connectivity index (χ1v) is 9.00. The van der Waals surface area contributed by atoms with Gasteiger partial charge in [0, 0.05) is 30.9 Å². The lowest BCUT2D eigenvalue weighted by Gasteiger charge is -2.20. The van der Waals surface area contributed by atoms with Gasteiger partial charge in [-0.3, -0.25) is 4.79 Å². The van der Waals surface area contributed by atoms with E-state index in [0.29, 0.717) is 6.54 Å². The Hall–Kier alpha value is -1.35. The predicted molar refractivity (Wildman–Crippen MR) is 88.5 cm³/mol. The van der Waals surface area contributed by atoms with E-state index in [-0.39, 0.29) is 11.8 Å². The predicted octanol–water partition coefficient (Wildman–Crippen LogP) is 2.06. The van der Waals surface area contributed by atoms with Gasteiger partial charge in [-0.15, -0.1) is 0 Å². The van der Waals surface area contributed by atoms with Crippen LogP contribution in [0.25, 0.3) is 0 Å². The van der Waals surface area contributed by atoms with Gasteiger partial charge < -0.3 is 10.2 Å². The summed E-state index contributed by atoms with van der Waals surface area (Å²) in [6.07, 6.45) is 8.62. The molecule has 0 bridgehead atoms. The lowest BCUT2D eigenvalue weighted by Crippen LogP contribution is -3.08. The summed E-state index contributed by atoms with van der Waals surface area (Å²) in [4.78, 5) is 13.9. The lowest BCUT2D eigenvalue weighted by molar-refractivity contribution is -0.901. The van der Waals surface area contributed by atoms with Crippen LogP contribution >= 0.6 is 0 Å². The van der Waals surface area contributed by atoms with Crippen molar-refractivity contribution in [3.63, 3.8) is 0 Å². The third kappa shape index (κ3) is 4.33. The summed E-state index contributed by atoms with van der Waals surface area (Å²) in [5.41, 5.74) is 2.63. The second-order valence-corrected chi connectivity index (χ2v) is 7.00. The van der Waals surface area contributed by atoms with E-state index in [9.17, 15) is 4.79 Å². The Balaban J connectivity index is 1.45. The van der Waals surface area contributed by atoms with Crippen molar-refractivity contribution >= 4 is 5.91 Å². The van der Waals surface area contributed by atoms with Gasteiger partial charge in [0.1, 0.15) is 6.54 Å². The second-order valence-electron chi connectivity index (χ2n) is 7.00. The molecule has 3 heteroatoms. The van der Waals surface area contributed by atoms with Crippen molar-refractivity contribution < 1.29 is 9.69 Å². The van der Waals surface area contributed by atoms with Crippen molar-refractivity contribution in [2.75, 3.05) is 13.1 Å². The number of carbonyl (C=O) groups excluding carboxylic acids is 1. The molecule has 1 amide bonds. The molecule has 22 heavy (non-hydrogen) atoms. The highest BCUT2D eigenvalue weighted by Gasteiger charge is 2.20. The molecule has 1 saturated carbocycles. The zero-order valence-corrected chi connectivity index (χ0v) is 13.6. The quantitative estimate of drug-likeness (QED) is 0.857. The maximum atomic E-state index is 12.2. The van der Waals surface area contributed by atoms with E-state index in [0.717, 1.165) is 19.4 Å². The van der Waals surface area contributed by atoms with Crippen LogP contribution in [0.2, 0.25) is 0 Å². The number of hydrogen-bond acceptors (Lipinski definition) is 1. The minimum atomic E-state index is 0.255. The van der Waals surface area contributed by atoms with Gasteiger partial charge in [-0.1, -0.05) is 43.5 Å². The normalized spacial score (nSPS) is 20.2. The van der Waals surface area contributed by atoms with Crippen molar-refractivity contribution in [3.8, 4) is 0 Å². The Labute approximate surface area is 134 Å². The highest BCUT2D eigenvalue weighted by atomic mass is 16.1. The number of benzene rings is 1. The number of quaternary nitrogens is 1. The van der Waals surface area contributed by atoms with Gasteiger partial charge >= 0.3 is 0 Å². The summed E-state index contributed by atoms with van der Waals surface area (Å²) in [7, 11) is 0. The summed E-state index contributed by atoms with van der Waals surface area (Å²) in [6.45, 7) is 4.46. The fourth-order valence-electron chi connectivity index (χ4n) is 3.81. The summed E-state index contributed by atoms with van der Waals surface area (Å²) < 4.78 is 0. The molecule has 1 saturated heterocycles. The minimum Gasteiger partial charge on any atom is -0.352 e. The fourth-order valence-corrected chi connectivity index (χ4v) is 3.81. The largest absolute Gasteiger partial charge is 0.352 e. The van der Waals surface area contributed by atoms with Gasteiger partial charge in [0.25, 0.3) is 0 Å². The Kier molecular flexibility index (Phi) is 5.49. The van der Waals surface area contributed by atoms with E-state index < -0.39 is 0 Å². The van der Waals surface area contributed by atoms with E-state index in [1.807, 2.05) is 0 Å². The van der Waals surface area contributed by atoms with Crippen molar-refractivity contribution in [1.82, 2.24) is 5.32 Å². The molecule has 0 atom stereocenters. The van der Waals surface area contributed by atoms with E-state index >= 15 is 0 Å².